The van der Waals surface area contributed by atoms with Crippen LogP contribution in [0.3, 0.4) is 0 Å². The molecule has 5 rings (SSSR count). The lowest BCUT2D eigenvalue weighted by molar-refractivity contribution is -0.132. The largest absolute Gasteiger partial charge is 0.507 e. The zero-order valence-corrected chi connectivity index (χ0v) is 22.2. The number of ether oxygens (including phenoxy) is 2. The number of ketones is 1. The van der Waals surface area contributed by atoms with E-state index in [-0.39, 0.29) is 11.3 Å². The smallest absolute Gasteiger partial charge is 0.302 e. The number of aliphatic hydroxyl groups is 1. The van der Waals surface area contributed by atoms with Crippen molar-refractivity contribution in [3.63, 3.8) is 0 Å². The summed E-state index contributed by atoms with van der Waals surface area (Å²) in [6, 6.07) is 14.8. The number of anilines is 1. The molecule has 1 atom stereocenters. The molecule has 1 amide bonds. The van der Waals surface area contributed by atoms with Crippen LogP contribution < -0.4 is 14.4 Å². The van der Waals surface area contributed by atoms with Crippen LogP contribution in [-0.4, -0.2) is 35.0 Å². The third-order valence-corrected chi connectivity index (χ3v) is 7.23. The zero-order valence-electron chi connectivity index (χ0n) is 21.4. The molecule has 1 aliphatic heterocycles. The Morgan fingerprint density at radius 2 is 1.89 bits per heavy atom. The fourth-order valence-corrected chi connectivity index (χ4v) is 5.40. The lowest BCUT2D eigenvalue weighted by Gasteiger charge is -2.20. The van der Waals surface area contributed by atoms with Crippen molar-refractivity contribution in [3.8, 4) is 11.5 Å². The molecular formula is C29H28N2O6S. The predicted octanol–water partition coefficient (Wildman–Crippen LogP) is 6.40. The average molecular weight is 533 g/mol. The Labute approximate surface area is 224 Å². The number of carbonyl (C=O) groups excluding carboxylic acids is 2. The molecular weight excluding hydrogens is 504 g/mol. The van der Waals surface area contributed by atoms with Gasteiger partial charge in [-0.05, 0) is 62.7 Å². The number of Topliss-reactive ketones (excluding diaryl/α,β-unsaturated/α-hetero) is 1. The molecule has 1 unspecified atom stereocenters. The fraction of sp³-hybridized carbons (Fsp3) is 0.276. The number of benzene rings is 2. The van der Waals surface area contributed by atoms with Crippen LogP contribution in [0.5, 0.6) is 11.5 Å². The lowest BCUT2D eigenvalue weighted by atomic mass is 9.99. The van der Waals surface area contributed by atoms with Gasteiger partial charge in [-0.2, -0.15) is 0 Å². The van der Waals surface area contributed by atoms with Crippen LogP contribution in [0.2, 0.25) is 0 Å². The van der Waals surface area contributed by atoms with Gasteiger partial charge in [-0.1, -0.05) is 36.8 Å². The Morgan fingerprint density at radius 1 is 1.08 bits per heavy atom. The van der Waals surface area contributed by atoms with Crippen molar-refractivity contribution in [3.05, 3.63) is 77.3 Å². The first-order valence-electron chi connectivity index (χ1n) is 12.5. The SMILES string of the molecule is CCCCOc1cccc(C(O)=C2C(=O)C(=O)N(c3nc4ccc(OCC)cc4s3)C2c2ccc(C)o2)c1. The number of thiazole rings is 1. The van der Waals surface area contributed by atoms with Gasteiger partial charge in [-0.25, -0.2) is 4.98 Å². The first-order valence-corrected chi connectivity index (χ1v) is 13.4. The van der Waals surface area contributed by atoms with Crippen LogP contribution in [0.4, 0.5) is 5.13 Å². The van der Waals surface area contributed by atoms with Crippen molar-refractivity contribution >= 4 is 44.1 Å². The maximum atomic E-state index is 13.4. The highest BCUT2D eigenvalue weighted by molar-refractivity contribution is 7.22. The van der Waals surface area contributed by atoms with Crippen LogP contribution in [0.25, 0.3) is 16.0 Å². The molecule has 8 nitrogen and oxygen atoms in total. The van der Waals surface area contributed by atoms with Gasteiger partial charge in [0.2, 0.25) is 0 Å². The number of fused-ring (bicyclic) bond motifs is 1. The molecule has 0 radical (unpaired) electrons. The van der Waals surface area contributed by atoms with E-state index in [0.717, 1.165) is 17.5 Å². The minimum atomic E-state index is -0.986. The molecule has 1 fully saturated rings. The number of amides is 1. The molecule has 1 N–H and O–H groups in total. The van der Waals surface area contributed by atoms with E-state index in [4.69, 9.17) is 13.9 Å². The van der Waals surface area contributed by atoms with E-state index in [1.165, 1.54) is 16.2 Å². The van der Waals surface area contributed by atoms with Gasteiger partial charge in [0.25, 0.3) is 5.78 Å². The van der Waals surface area contributed by atoms with Gasteiger partial charge in [0, 0.05) is 5.56 Å². The highest BCUT2D eigenvalue weighted by Gasteiger charge is 2.49. The molecule has 2 aromatic carbocycles. The molecule has 196 valence electrons. The molecule has 0 spiro atoms. The summed E-state index contributed by atoms with van der Waals surface area (Å²) in [5.41, 5.74) is 0.974. The van der Waals surface area contributed by atoms with Crippen LogP contribution in [0.15, 0.2) is 64.6 Å². The van der Waals surface area contributed by atoms with Gasteiger partial charge in [0.05, 0.1) is 29.0 Å². The molecule has 0 saturated carbocycles. The van der Waals surface area contributed by atoms with Gasteiger partial charge >= 0.3 is 5.91 Å². The van der Waals surface area contributed by atoms with Crippen molar-refractivity contribution in [1.29, 1.82) is 0 Å². The predicted molar refractivity (Wildman–Crippen MR) is 146 cm³/mol. The van der Waals surface area contributed by atoms with Crippen LogP contribution in [-0.2, 0) is 9.59 Å². The number of carbonyl (C=O) groups is 2. The van der Waals surface area contributed by atoms with E-state index in [1.807, 2.05) is 25.1 Å². The summed E-state index contributed by atoms with van der Waals surface area (Å²) in [7, 11) is 0. The maximum absolute atomic E-state index is 13.4. The highest BCUT2D eigenvalue weighted by Crippen LogP contribution is 2.45. The third-order valence-electron chi connectivity index (χ3n) is 6.21. The fourth-order valence-electron chi connectivity index (χ4n) is 4.37. The molecule has 3 heterocycles. The first-order chi connectivity index (χ1) is 18.4. The minimum absolute atomic E-state index is 0.0654. The lowest BCUT2D eigenvalue weighted by Crippen LogP contribution is -2.29. The minimum Gasteiger partial charge on any atom is -0.507 e. The van der Waals surface area contributed by atoms with E-state index in [2.05, 4.69) is 11.9 Å². The molecule has 0 bridgehead atoms. The number of nitrogens with zero attached hydrogens (tertiary/aromatic N) is 2. The first kappa shape index (κ1) is 25.5. The monoisotopic (exact) mass is 532 g/mol. The summed E-state index contributed by atoms with van der Waals surface area (Å²) in [5.74, 6) is 0.328. The topological polar surface area (TPSA) is 102 Å². The molecule has 38 heavy (non-hydrogen) atoms. The summed E-state index contributed by atoms with van der Waals surface area (Å²) in [4.78, 5) is 32.8. The molecule has 2 aromatic heterocycles. The van der Waals surface area contributed by atoms with Gasteiger partial charge in [-0.15, -0.1) is 0 Å². The number of aliphatic hydroxyl groups excluding tert-OH is 1. The molecule has 1 aliphatic rings. The van der Waals surface area contributed by atoms with Crippen molar-refractivity contribution in [1.82, 2.24) is 4.98 Å². The van der Waals surface area contributed by atoms with E-state index >= 15 is 0 Å². The summed E-state index contributed by atoms with van der Waals surface area (Å²) < 4.78 is 18.1. The number of hydrogen-bond acceptors (Lipinski definition) is 8. The average Bonchev–Trinajstić information content (AvgIpc) is 3.60. The normalized spacial score (nSPS) is 16.9. The quantitative estimate of drug-likeness (QED) is 0.115. The van der Waals surface area contributed by atoms with E-state index in [9.17, 15) is 14.7 Å². The van der Waals surface area contributed by atoms with E-state index in [0.29, 0.717) is 52.4 Å². The summed E-state index contributed by atoms with van der Waals surface area (Å²) in [5, 5.41) is 11.7. The van der Waals surface area contributed by atoms with Gasteiger partial charge < -0.3 is 19.0 Å². The van der Waals surface area contributed by atoms with Gasteiger partial charge in [-0.3, -0.25) is 14.5 Å². The Bertz CT molecular complexity index is 1530. The van der Waals surface area contributed by atoms with Crippen molar-refractivity contribution in [2.24, 2.45) is 0 Å². The second-order valence-corrected chi connectivity index (χ2v) is 9.92. The maximum Gasteiger partial charge on any atom is 0.302 e. The number of unbranched alkanes of at least 4 members (excludes halogenated alkanes) is 1. The van der Waals surface area contributed by atoms with Crippen molar-refractivity contribution in [2.45, 2.75) is 39.7 Å². The van der Waals surface area contributed by atoms with E-state index < -0.39 is 17.7 Å². The number of hydrogen-bond donors (Lipinski definition) is 1. The highest BCUT2D eigenvalue weighted by atomic mass is 32.1. The Morgan fingerprint density at radius 3 is 2.63 bits per heavy atom. The number of aryl methyl sites for hydroxylation is 1. The number of furan rings is 1. The summed E-state index contributed by atoms with van der Waals surface area (Å²) in [6.45, 7) is 6.82. The Kier molecular flexibility index (Phi) is 7.20. The van der Waals surface area contributed by atoms with Crippen molar-refractivity contribution in [2.75, 3.05) is 18.1 Å². The molecule has 0 aliphatic carbocycles. The zero-order chi connectivity index (χ0) is 26.8. The van der Waals surface area contributed by atoms with E-state index in [1.54, 1.807) is 43.3 Å². The Hall–Kier alpha value is -4.11. The third kappa shape index (κ3) is 4.77. The van der Waals surface area contributed by atoms with Gasteiger partial charge in [0.1, 0.15) is 34.8 Å². The summed E-state index contributed by atoms with van der Waals surface area (Å²) in [6.07, 6.45) is 1.89. The molecule has 1 saturated heterocycles. The second kappa shape index (κ2) is 10.7. The molecule has 4 aromatic rings. The number of aromatic nitrogens is 1. The summed E-state index contributed by atoms with van der Waals surface area (Å²) >= 11 is 1.26. The standard InChI is InChI=1S/C29H28N2O6S/c1-4-6-14-36-19-9-7-8-18(15-19)26(32)24-25(22-13-10-17(3)37-22)31(28(34)27(24)33)29-30-21-12-11-20(35-5-2)16-23(21)38-29/h7-13,15-16,25,32H,4-6,14H2,1-3H3. The molecule has 9 heteroatoms. The number of rotatable bonds is 9. The van der Waals surface area contributed by atoms with Gasteiger partial charge in [0.15, 0.2) is 5.13 Å². The van der Waals surface area contributed by atoms with Crippen LogP contribution >= 0.6 is 11.3 Å². The van der Waals surface area contributed by atoms with Crippen molar-refractivity contribution < 1.29 is 28.6 Å². The van der Waals surface area contributed by atoms with Crippen LogP contribution in [0, 0.1) is 6.92 Å². The second-order valence-electron chi connectivity index (χ2n) is 8.91. The van der Waals surface area contributed by atoms with Crippen LogP contribution in [0.1, 0.15) is 49.8 Å². The Balaban J connectivity index is 1.61.